The molecular formula is C41H50N2O17S. The first-order valence-corrected chi connectivity index (χ1v) is 20.3. The molecule has 3 aromatic rings. The van der Waals surface area contributed by atoms with Crippen molar-refractivity contribution in [2.45, 2.75) is 78.0 Å². The van der Waals surface area contributed by atoms with Crippen LogP contribution in [0, 0.1) is 0 Å². The second-order valence-electron chi connectivity index (χ2n) is 13.8. The van der Waals surface area contributed by atoms with Crippen LogP contribution >= 0.6 is 0 Å². The minimum absolute atomic E-state index is 0.00998. The van der Waals surface area contributed by atoms with Gasteiger partial charge >= 0.3 is 40.4 Å². The lowest BCUT2D eigenvalue weighted by molar-refractivity contribution is -0.288. The number of carbonyl (C=O) groups excluding carboxylic acids is 5. The van der Waals surface area contributed by atoms with Crippen LogP contribution < -0.4 is 13.1 Å². The summed E-state index contributed by atoms with van der Waals surface area (Å²) in [4.78, 5) is 64.6. The quantitative estimate of drug-likeness (QED) is 0.0887. The van der Waals surface area contributed by atoms with Gasteiger partial charge in [0.1, 0.15) is 31.8 Å². The van der Waals surface area contributed by atoms with E-state index in [2.05, 4.69) is 0 Å². The van der Waals surface area contributed by atoms with E-state index in [9.17, 15) is 32.4 Å². The van der Waals surface area contributed by atoms with Crippen molar-refractivity contribution in [3.63, 3.8) is 0 Å². The molecule has 0 aliphatic carbocycles. The van der Waals surface area contributed by atoms with Crippen LogP contribution in [-0.2, 0) is 69.3 Å². The highest BCUT2D eigenvalue weighted by atomic mass is 32.3. The molecule has 0 spiro atoms. The first kappa shape index (κ1) is 47.7. The Hall–Kier alpha value is -5.96. The van der Waals surface area contributed by atoms with E-state index < -0.39 is 83.4 Å². The molecule has 1 fully saturated rings. The molecule has 4 rings (SSSR count). The molecule has 20 heteroatoms. The zero-order chi connectivity index (χ0) is 44.7. The third-order valence-electron chi connectivity index (χ3n) is 8.54. The number of hydrogen-bond donors (Lipinski definition) is 0. The molecule has 0 N–H and O–H groups in total. The average Bonchev–Trinajstić information content (AvgIpc) is 3.19. The first-order valence-electron chi connectivity index (χ1n) is 18.9. The Morgan fingerprint density at radius 2 is 1.28 bits per heavy atom. The van der Waals surface area contributed by atoms with Crippen molar-refractivity contribution in [2.75, 3.05) is 40.5 Å². The number of rotatable bonds is 20. The molecule has 0 saturated carbocycles. The number of nitrogens with zero attached hydrogens (tertiary/aromatic N) is 2. The van der Waals surface area contributed by atoms with Crippen LogP contribution in [0.3, 0.4) is 0 Å². The Morgan fingerprint density at radius 1 is 0.689 bits per heavy atom. The largest absolute Gasteiger partial charge is 0.501 e. The minimum atomic E-state index is -4.86. The van der Waals surface area contributed by atoms with Crippen LogP contribution in [0.5, 0.6) is 17.2 Å². The molecule has 1 aliphatic heterocycles. The van der Waals surface area contributed by atoms with Gasteiger partial charge in [0.15, 0.2) is 23.7 Å². The van der Waals surface area contributed by atoms with Crippen molar-refractivity contribution < 1.29 is 78.7 Å². The molecule has 1 saturated heterocycles. The van der Waals surface area contributed by atoms with Crippen LogP contribution in [0.2, 0.25) is 0 Å². The fraction of sp³-hybridized carbons (Fsp3) is 0.439. The number of hydrogen-bond acceptors (Lipinski definition) is 18. The van der Waals surface area contributed by atoms with E-state index in [0.717, 1.165) is 33.3 Å². The average molecular weight is 875 g/mol. The van der Waals surface area contributed by atoms with Gasteiger partial charge in [-0.25, -0.2) is 4.79 Å². The fourth-order valence-electron chi connectivity index (χ4n) is 5.70. The molecule has 1 amide bonds. The summed E-state index contributed by atoms with van der Waals surface area (Å²) in [6, 6.07) is 20.7. The highest BCUT2D eigenvalue weighted by molar-refractivity contribution is 7.82. The van der Waals surface area contributed by atoms with Crippen LogP contribution in [0.15, 0.2) is 78.9 Å². The Labute approximate surface area is 353 Å². The van der Waals surface area contributed by atoms with Gasteiger partial charge in [-0.3, -0.25) is 24.1 Å². The third kappa shape index (κ3) is 15.5. The summed E-state index contributed by atoms with van der Waals surface area (Å²) in [6.07, 6.45) is -8.47. The molecule has 1 heterocycles. The van der Waals surface area contributed by atoms with Gasteiger partial charge in [-0.2, -0.15) is 0 Å². The van der Waals surface area contributed by atoms with Crippen LogP contribution in [0.25, 0.3) is 0 Å². The third-order valence-corrected chi connectivity index (χ3v) is 9.32. The van der Waals surface area contributed by atoms with E-state index in [0.29, 0.717) is 18.7 Å². The van der Waals surface area contributed by atoms with Crippen molar-refractivity contribution in [1.82, 2.24) is 9.80 Å². The smallest absolute Gasteiger partial charge is 0.463 e. The SMILES string of the molecule is CC(=O)OC[C@H]1O[C@@H](Oc2ccccc2OS(=O)(=O)Oc2ccc(COC(=O)N(CCN(C)C)COC(C)c3ccccc3)cc2)[C@H](OC(C)=O)[C@@H](OC(C)=O)[C@H]1OC(C)=O. The fourth-order valence-corrected chi connectivity index (χ4v) is 6.44. The van der Waals surface area contributed by atoms with E-state index in [1.54, 1.807) is 0 Å². The first-order chi connectivity index (χ1) is 28.9. The molecule has 332 valence electrons. The van der Waals surface area contributed by atoms with E-state index >= 15 is 0 Å². The molecule has 1 aliphatic rings. The zero-order valence-corrected chi connectivity index (χ0v) is 35.6. The monoisotopic (exact) mass is 874 g/mol. The lowest BCUT2D eigenvalue weighted by atomic mass is 9.98. The molecule has 61 heavy (non-hydrogen) atoms. The van der Waals surface area contributed by atoms with Crippen molar-refractivity contribution in [2.24, 2.45) is 0 Å². The van der Waals surface area contributed by atoms with E-state index in [1.807, 2.05) is 56.3 Å². The number of amides is 1. The van der Waals surface area contributed by atoms with Gasteiger partial charge in [0.2, 0.25) is 12.4 Å². The van der Waals surface area contributed by atoms with E-state index in [-0.39, 0.29) is 30.9 Å². The molecular weight excluding hydrogens is 825 g/mol. The Balaban J connectivity index is 1.44. The maximum Gasteiger partial charge on any atom is 0.501 e. The molecule has 3 aromatic carbocycles. The summed E-state index contributed by atoms with van der Waals surface area (Å²) in [5.41, 5.74) is 1.48. The van der Waals surface area contributed by atoms with Gasteiger partial charge in [0.05, 0.1) is 6.10 Å². The molecule has 19 nitrogen and oxygen atoms in total. The number of ether oxygens (including phenoxy) is 8. The number of carbonyl (C=O) groups is 5. The standard InChI is InChI=1S/C41H50N2O17S/c1-26(32-13-9-8-10-14-32)53-25-43(22-21-42(6)7)41(48)52-23-31-17-19-33(20-18-31)59-61(49,50)60-35-16-12-11-15-34(35)57-40-39(56-30(5)47)38(55-29(4)46)37(54-28(3)45)36(58-40)24-51-27(2)44/h8-20,26,36-40H,21-25H2,1-7H3/t26?,36-,37+,38+,39-,40-/m1/s1. The Kier molecular flexibility index (Phi) is 17.7. The maximum atomic E-state index is 13.2. The van der Waals surface area contributed by atoms with Gasteiger partial charge < -0.3 is 51.2 Å². The number of esters is 4. The summed E-state index contributed by atoms with van der Waals surface area (Å²) in [5, 5.41) is 0. The molecule has 0 radical (unpaired) electrons. The molecule has 6 atom stereocenters. The van der Waals surface area contributed by atoms with Crippen LogP contribution in [-0.4, -0.2) is 119 Å². The second kappa shape index (κ2) is 22.6. The van der Waals surface area contributed by atoms with Gasteiger partial charge in [-0.05, 0) is 56.4 Å². The molecule has 0 aromatic heterocycles. The Bertz CT molecular complexity index is 2050. The topological polar surface area (TPSA) is 218 Å². The summed E-state index contributed by atoms with van der Waals surface area (Å²) in [6.45, 7) is 6.44. The van der Waals surface area contributed by atoms with Crippen LogP contribution in [0.1, 0.15) is 51.8 Å². The van der Waals surface area contributed by atoms with Crippen molar-refractivity contribution >= 4 is 40.4 Å². The highest BCUT2D eigenvalue weighted by Crippen LogP contribution is 2.35. The minimum Gasteiger partial charge on any atom is -0.463 e. The summed E-state index contributed by atoms with van der Waals surface area (Å²) in [5.74, 6) is -4.09. The van der Waals surface area contributed by atoms with Gasteiger partial charge in [-0.15, -0.1) is 8.42 Å². The Morgan fingerprint density at radius 3 is 1.89 bits per heavy atom. The van der Waals surface area contributed by atoms with E-state index in [4.69, 9.17) is 46.3 Å². The van der Waals surface area contributed by atoms with Crippen molar-refractivity contribution in [3.8, 4) is 17.2 Å². The summed E-state index contributed by atoms with van der Waals surface area (Å²) >= 11 is 0. The normalized spacial score (nSPS) is 19.1. The molecule has 0 bridgehead atoms. The lowest BCUT2D eigenvalue weighted by Crippen LogP contribution is -2.63. The summed E-state index contributed by atoms with van der Waals surface area (Å²) in [7, 11) is -1.10. The van der Waals surface area contributed by atoms with Crippen molar-refractivity contribution in [3.05, 3.63) is 90.0 Å². The van der Waals surface area contributed by atoms with Crippen LogP contribution in [0.4, 0.5) is 4.79 Å². The summed E-state index contributed by atoms with van der Waals surface area (Å²) < 4.78 is 81.5. The van der Waals surface area contributed by atoms with Gasteiger partial charge in [-0.1, -0.05) is 54.6 Å². The maximum absolute atomic E-state index is 13.2. The zero-order valence-electron chi connectivity index (χ0n) is 34.7. The number of benzene rings is 3. The predicted molar refractivity (Wildman–Crippen MR) is 212 cm³/mol. The molecule has 1 unspecified atom stereocenters. The number of para-hydroxylation sites is 2. The van der Waals surface area contributed by atoms with Crippen molar-refractivity contribution in [1.29, 1.82) is 0 Å². The van der Waals surface area contributed by atoms with E-state index in [1.165, 1.54) is 53.4 Å². The van der Waals surface area contributed by atoms with Gasteiger partial charge in [0, 0.05) is 40.8 Å². The second-order valence-corrected chi connectivity index (χ2v) is 15.0. The highest BCUT2D eigenvalue weighted by Gasteiger charge is 2.53. The predicted octanol–water partition coefficient (Wildman–Crippen LogP) is 4.09. The lowest BCUT2D eigenvalue weighted by Gasteiger charge is -2.43. The number of likely N-dealkylation sites (N-methyl/N-ethyl adjacent to an activating group) is 1. The van der Waals surface area contributed by atoms with Gasteiger partial charge in [0.25, 0.3) is 0 Å².